The van der Waals surface area contributed by atoms with Crippen molar-refractivity contribution in [3.8, 4) is 0 Å². The average molecular weight is 575 g/mol. The zero-order valence-corrected chi connectivity index (χ0v) is 25.1. The number of methoxy groups -OCH3 is 1. The Morgan fingerprint density at radius 2 is 1.88 bits per heavy atom. The van der Waals surface area contributed by atoms with Gasteiger partial charge in [0.1, 0.15) is 5.41 Å². The van der Waals surface area contributed by atoms with Crippen molar-refractivity contribution in [1.82, 2.24) is 10.2 Å². The third kappa shape index (κ3) is 5.55. The van der Waals surface area contributed by atoms with Gasteiger partial charge in [0.15, 0.2) is 0 Å². The summed E-state index contributed by atoms with van der Waals surface area (Å²) in [4.78, 5) is 43.9. The molecule has 4 atom stereocenters. The maximum absolute atomic E-state index is 14.3. The van der Waals surface area contributed by atoms with E-state index in [0.717, 1.165) is 21.2 Å². The number of ether oxygens (including phenoxy) is 2. The van der Waals surface area contributed by atoms with Crippen molar-refractivity contribution in [1.29, 1.82) is 0 Å². The number of hydrogen-bond acceptors (Lipinski definition) is 6. The highest BCUT2D eigenvalue weighted by atomic mass is 32.1. The first kappa shape index (κ1) is 29.0. The highest BCUT2D eigenvalue weighted by molar-refractivity contribution is 7.09. The molecule has 0 saturated carbocycles. The maximum atomic E-state index is 14.3. The highest BCUT2D eigenvalue weighted by Gasteiger charge is 2.60. The molecule has 7 nitrogen and oxygen atoms in total. The predicted octanol–water partition coefficient (Wildman–Crippen LogP) is 5.83. The second-order valence-corrected chi connectivity index (χ2v) is 13.1. The molecule has 1 saturated heterocycles. The van der Waals surface area contributed by atoms with E-state index in [9.17, 15) is 14.4 Å². The Hall–Kier alpha value is -3.49. The van der Waals surface area contributed by atoms with Gasteiger partial charge in [-0.25, -0.2) is 0 Å². The molecular weight excluding hydrogens is 536 g/mol. The summed E-state index contributed by atoms with van der Waals surface area (Å²) in [6.07, 6.45) is 1.16. The van der Waals surface area contributed by atoms with Gasteiger partial charge in [-0.1, -0.05) is 69.3 Å². The van der Waals surface area contributed by atoms with Crippen molar-refractivity contribution in [3.63, 3.8) is 0 Å². The van der Waals surface area contributed by atoms with E-state index in [-0.39, 0.29) is 42.7 Å². The molecule has 1 N–H and O–H groups in total. The van der Waals surface area contributed by atoms with E-state index in [4.69, 9.17) is 9.47 Å². The lowest BCUT2D eigenvalue weighted by Crippen LogP contribution is -2.61. The van der Waals surface area contributed by atoms with E-state index in [1.165, 1.54) is 7.11 Å². The summed E-state index contributed by atoms with van der Waals surface area (Å²) in [7, 11) is 1.37. The number of nitrogens with one attached hydrogen (secondary N) is 1. The van der Waals surface area contributed by atoms with Crippen LogP contribution >= 0.6 is 11.3 Å². The second-order valence-electron chi connectivity index (χ2n) is 12.1. The van der Waals surface area contributed by atoms with Crippen LogP contribution in [0.25, 0.3) is 10.8 Å². The average Bonchev–Trinajstić information content (AvgIpc) is 3.47. The number of carbonyl (C=O) groups is 3. The van der Waals surface area contributed by atoms with Gasteiger partial charge in [0, 0.05) is 22.9 Å². The number of hydrogen-bond donors (Lipinski definition) is 1. The third-order valence-corrected chi connectivity index (χ3v) is 9.25. The summed E-state index contributed by atoms with van der Waals surface area (Å²) in [6, 6.07) is 18.0. The van der Waals surface area contributed by atoms with Crippen LogP contribution in [0, 0.1) is 16.7 Å². The van der Waals surface area contributed by atoms with E-state index in [1.807, 2.05) is 73.0 Å². The largest absolute Gasteiger partial charge is 0.468 e. The van der Waals surface area contributed by atoms with E-state index >= 15 is 0 Å². The number of likely N-dealkylation sites (tertiary alicyclic amines) is 1. The van der Waals surface area contributed by atoms with Crippen LogP contribution in [-0.2, 0) is 36.9 Å². The van der Waals surface area contributed by atoms with Crippen LogP contribution in [0.3, 0.4) is 0 Å². The fourth-order valence-electron chi connectivity index (χ4n) is 6.10. The monoisotopic (exact) mass is 574 g/mol. The minimum Gasteiger partial charge on any atom is -0.468 e. The summed E-state index contributed by atoms with van der Waals surface area (Å²) >= 11 is 1.56. The lowest BCUT2D eigenvalue weighted by atomic mass is 9.65. The van der Waals surface area contributed by atoms with Gasteiger partial charge < -0.3 is 19.7 Å². The van der Waals surface area contributed by atoms with Crippen molar-refractivity contribution in [2.75, 3.05) is 7.11 Å². The Bertz CT molecular complexity index is 1470. The molecule has 0 spiro atoms. The van der Waals surface area contributed by atoms with Crippen molar-refractivity contribution in [3.05, 3.63) is 82.2 Å². The number of piperidine rings is 1. The maximum Gasteiger partial charge on any atom is 0.320 e. The quantitative estimate of drug-likeness (QED) is 0.359. The topological polar surface area (TPSA) is 84.9 Å². The van der Waals surface area contributed by atoms with Crippen LogP contribution in [0.1, 0.15) is 51.0 Å². The van der Waals surface area contributed by atoms with Crippen molar-refractivity contribution in [2.24, 2.45) is 16.7 Å². The third-order valence-electron chi connectivity index (χ3n) is 8.37. The van der Waals surface area contributed by atoms with Crippen LogP contribution in [0.5, 0.6) is 0 Å². The second kappa shape index (κ2) is 11.4. The number of fused-ring (bicyclic) bond motifs is 2. The summed E-state index contributed by atoms with van der Waals surface area (Å²) in [5.41, 5.74) is 0.0748. The number of nitrogens with zero attached hydrogens (tertiary/aromatic N) is 1. The number of esters is 1. The van der Waals surface area contributed by atoms with E-state index in [2.05, 4.69) is 26.1 Å². The number of benzene rings is 2. The summed E-state index contributed by atoms with van der Waals surface area (Å²) < 4.78 is 11.9. The highest BCUT2D eigenvalue weighted by Crippen LogP contribution is 2.52. The fourth-order valence-corrected chi connectivity index (χ4v) is 6.74. The lowest BCUT2D eigenvalue weighted by molar-refractivity contribution is -0.180. The Morgan fingerprint density at radius 3 is 2.59 bits per heavy atom. The van der Waals surface area contributed by atoms with Gasteiger partial charge in [-0.05, 0) is 52.6 Å². The van der Waals surface area contributed by atoms with Gasteiger partial charge >= 0.3 is 5.97 Å². The normalized spacial score (nSPS) is 24.5. The molecule has 216 valence electrons. The number of amides is 2. The van der Waals surface area contributed by atoms with E-state index in [1.54, 1.807) is 16.2 Å². The Balaban J connectivity index is 1.57. The molecule has 2 aromatic carbocycles. The van der Waals surface area contributed by atoms with Crippen LogP contribution in [0.2, 0.25) is 0 Å². The smallest absolute Gasteiger partial charge is 0.320 e. The van der Waals surface area contributed by atoms with Gasteiger partial charge in [0.2, 0.25) is 11.8 Å². The molecule has 8 heteroatoms. The van der Waals surface area contributed by atoms with Crippen LogP contribution in [0.15, 0.2) is 71.8 Å². The molecule has 1 aromatic heterocycles. The van der Waals surface area contributed by atoms with Gasteiger partial charge in [0.25, 0.3) is 0 Å². The Kier molecular flexibility index (Phi) is 8.08. The molecule has 3 aromatic rings. The van der Waals surface area contributed by atoms with Gasteiger partial charge in [0.05, 0.1) is 32.4 Å². The van der Waals surface area contributed by atoms with Gasteiger partial charge in [-0.15, -0.1) is 11.3 Å². The summed E-state index contributed by atoms with van der Waals surface area (Å²) in [5.74, 6) is -1.58. The molecule has 2 aliphatic rings. The Morgan fingerprint density at radius 1 is 1.12 bits per heavy atom. The standard InChI is InChI=1S/C33H38N2O5S/c1-21-33(31(38)39-5)18-24(16-29(36)34-19-25-13-9-15-41-25)30(37)35(27(33)17-28(40-21)32(2,3)4)20-23-12-8-11-22-10-6-7-14-26(22)23/h6-15,17,21,24,28H,16,18-20H2,1-5H3,(H,34,36)/t21-,24+,28-,33+/m1/s1. The first-order valence-electron chi connectivity index (χ1n) is 14.1. The molecule has 0 radical (unpaired) electrons. The number of thiophene rings is 1. The summed E-state index contributed by atoms with van der Waals surface area (Å²) in [5, 5.41) is 7.01. The van der Waals surface area contributed by atoms with Crippen LogP contribution < -0.4 is 5.32 Å². The molecule has 41 heavy (non-hydrogen) atoms. The molecule has 0 unspecified atom stereocenters. The molecule has 3 heterocycles. The van der Waals surface area contributed by atoms with Crippen molar-refractivity contribution >= 4 is 39.9 Å². The molecule has 0 bridgehead atoms. The zero-order chi connectivity index (χ0) is 29.4. The lowest BCUT2D eigenvalue weighted by Gasteiger charge is -2.53. The summed E-state index contributed by atoms with van der Waals surface area (Å²) in [6.45, 7) is 8.77. The molecule has 0 aliphatic carbocycles. The van der Waals surface area contributed by atoms with Gasteiger partial charge in [-0.3, -0.25) is 14.4 Å². The van der Waals surface area contributed by atoms with Crippen LogP contribution in [0.4, 0.5) is 0 Å². The first-order valence-corrected chi connectivity index (χ1v) is 15.0. The molecule has 5 rings (SSSR count). The Labute approximate surface area is 245 Å². The first-order chi connectivity index (χ1) is 19.5. The molecule has 2 aliphatic heterocycles. The molecule has 2 amide bonds. The molecule has 1 fully saturated rings. The fraction of sp³-hybridized carbons (Fsp3) is 0.424. The number of carbonyl (C=O) groups excluding carboxylic acids is 3. The van der Waals surface area contributed by atoms with Crippen molar-refractivity contribution in [2.45, 2.75) is 65.8 Å². The van der Waals surface area contributed by atoms with E-state index in [0.29, 0.717) is 12.2 Å². The minimum absolute atomic E-state index is 0.0301. The van der Waals surface area contributed by atoms with Crippen LogP contribution in [-0.4, -0.2) is 42.0 Å². The van der Waals surface area contributed by atoms with E-state index < -0.39 is 23.4 Å². The SMILES string of the molecule is COC(=O)[C@]12C[C@H](CC(=O)NCc3cccs3)C(=O)N(Cc3cccc4ccccc34)C1=C[C@H](C(C)(C)C)O[C@@H]2C. The van der Waals surface area contributed by atoms with Gasteiger partial charge in [-0.2, -0.15) is 0 Å². The molecular formula is C33H38N2O5S. The number of rotatable bonds is 7. The minimum atomic E-state index is -1.23. The van der Waals surface area contributed by atoms with Crippen molar-refractivity contribution < 1.29 is 23.9 Å². The predicted molar refractivity (Wildman–Crippen MR) is 160 cm³/mol. The zero-order valence-electron chi connectivity index (χ0n) is 24.3.